The molecule has 2 N–H and O–H groups in total. The first kappa shape index (κ1) is 17.3. The molecule has 0 spiro atoms. The number of halogens is 4. The van der Waals surface area contributed by atoms with Gasteiger partial charge in [-0.05, 0) is 36.4 Å². The third kappa shape index (κ3) is 3.77. The molecule has 0 unspecified atom stereocenters. The molecule has 3 aromatic rings. The molecule has 0 aliphatic heterocycles. The van der Waals surface area contributed by atoms with Crippen molar-refractivity contribution in [3.05, 3.63) is 77.8 Å². The van der Waals surface area contributed by atoms with Crippen LogP contribution in [0.2, 0.25) is 0 Å². The first-order valence-electron chi connectivity index (χ1n) is 7.23. The molecule has 1 amide bonds. The van der Waals surface area contributed by atoms with Gasteiger partial charge in [-0.25, -0.2) is 27.5 Å². The zero-order valence-corrected chi connectivity index (χ0v) is 12.9. The number of aromatic nitrogens is 2. The second-order valence-electron chi connectivity index (χ2n) is 5.10. The van der Waals surface area contributed by atoms with Crippen LogP contribution in [0.4, 0.5) is 34.8 Å². The van der Waals surface area contributed by atoms with Crippen molar-refractivity contribution in [2.24, 2.45) is 0 Å². The summed E-state index contributed by atoms with van der Waals surface area (Å²) in [6, 6.07) is 8.25. The van der Waals surface area contributed by atoms with E-state index in [4.69, 9.17) is 0 Å². The highest BCUT2D eigenvalue weighted by atomic mass is 19.2. The quantitative estimate of drug-likeness (QED) is 0.543. The van der Waals surface area contributed by atoms with E-state index in [2.05, 4.69) is 20.6 Å². The monoisotopic (exact) mass is 362 g/mol. The molecule has 1 aromatic heterocycles. The number of anilines is 3. The minimum Gasteiger partial charge on any atom is -0.340 e. The summed E-state index contributed by atoms with van der Waals surface area (Å²) < 4.78 is 52.7. The van der Waals surface area contributed by atoms with Crippen molar-refractivity contribution in [1.29, 1.82) is 0 Å². The Hall–Kier alpha value is -3.49. The van der Waals surface area contributed by atoms with Crippen molar-refractivity contribution in [2.45, 2.75) is 0 Å². The van der Waals surface area contributed by atoms with Gasteiger partial charge in [0.1, 0.15) is 23.7 Å². The third-order valence-electron chi connectivity index (χ3n) is 3.30. The van der Waals surface area contributed by atoms with E-state index < -0.39 is 34.9 Å². The average molecular weight is 362 g/mol. The molecule has 9 heteroatoms. The van der Waals surface area contributed by atoms with Crippen molar-refractivity contribution in [3.8, 4) is 0 Å². The van der Waals surface area contributed by atoms with Crippen LogP contribution in [0.5, 0.6) is 0 Å². The molecular weight excluding hydrogens is 352 g/mol. The summed E-state index contributed by atoms with van der Waals surface area (Å²) in [5.74, 6) is -5.61. The van der Waals surface area contributed by atoms with Gasteiger partial charge < -0.3 is 10.6 Å². The van der Waals surface area contributed by atoms with Gasteiger partial charge in [0.15, 0.2) is 17.5 Å². The first-order valence-corrected chi connectivity index (χ1v) is 7.23. The molecule has 0 saturated heterocycles. The molecule has 0 bridgehead atoms. The van der Waals surface area contributed by atoms with E-state index in [1.54, 1.807) is 0 Å². The van der Waals surface area contributed by atoms with Crippen molar-refractivity contribution < 1.29 is 22.4 Å². The minimum absolute atomic E-state index is 0.145. The number of carbonyl (C=O) groups excluding carboxylic acids is 1. The highest BCUT2D eigenvalue weighted by Crippen LogP contribution is 2.21. The smallest absolute Gasteiger partial charge is 0.274 e. The Morgan fingerprint density at radius 3 is 2.35 bits per heavy atom. The van der Waals surface area contributed by atoms with E-state index >= 15 is 0 Å². The number of nitrogens with one attached hydrogen (secondary N) is 2. The zero-order valence-electron chi connectivity index (χ0n) is 12.9. The first-order chi connectivity index (χ1) is 12.4. The lowest BCUT2D eigenvalue weighted by Gasteiger charge is -2.09. The lowest BCUT2D eigenvalue weighted by Crippen LogP contribution is -2.16. The lowest BCUT2D eigenvalue weighted by atomic mass is 10.2. The molecule has 26 heavy (non-hydrogen) atoms. The minimum atomic E-state index is -1.69. The maximum absolute atomic E-state index is 13.6. The summed E-state index contributed by atoms with van der Waals surface area (Å²) in [6.45, 7) is 0. The topological polar surface area (TPSA) is 66.9 Å². The Kier molecular flexibility index (Phi) is 4.78. The zero-order chi connectivity index (χ0) is 18.7. The number of rotatable bonds is 4. The standard InChI is InChI=1S/C17H10F4N4O/c18-9-1-3-10(4-2-9)24-14-7-13(22-8-23-14)17(26)25-12-6-5-11(19)15(20)16(12)21/h1-8H,(H,25,26)(H,22,23,24). The summed E-state index contributed by atoms with van der Waals surface area (Å²) >= 11 is 0. The number of hydrogen-bond acceptors (Lipinski definition) is 4. The predicted octanol–water partition coefficient (Wildman–Crippen LogP) is 4.03. The van der Waals surface area contributed by atoms with Gasteiger partial charge in [0.05, 0.1) is 5.69 Å². The van der Waals surface area contributed by atoms with Crippen LogP contribution in [0, 0.1) is 23.3 Å². The van der Waals surface area contributed by atoms with Crippen LogP contribution in [0.3, 0.4) is 0 Å². The van der Waals surface area contributed by atoms with E-state index in [0.29, 0.717) is 11.8 Å². The van der Waals surface area contributed by atoms with Crippen molar-refractivity contribution in [2.75, 3.05) is 10.6 Å². The maximum atomic E-state index is 13.6. The number of hydrogen-bond donors (Lipinski definition) is 2. The summed E-state index contributed by atoms with van der Waals surface area (Å²) in [5, 5.41) is 4.94. The lowest BCUT2D eigenvalue weighted by molar-refractivity contribution is 0.102. The fourth-order valence-corrected chi connectivity index (χ4v) is 2.04. The summed E-state index contributed by atoms with van der Waals surface area (Å²) in [4.78, 5) is 19.8. The number of nitrogens with zero attached hydrogens (tertiary/aromatic N) is 2. The third-order valence-corrected chi connectivity index (χ3v) is 3.30. The van der Waals surface area contributed by atoms with Crippen molar-refractivity contribution >= 4 is 23.1 Å². The number of carbonyl (C=O) groups is 1. The fourth-order valence-electron chi connectivity index (χ4n) is 2.04. The summed E-state index contributed by atoms with van der Waals surface area (Å²) in [6.07, 6.45) is 1.09. The molecule has 132 valence electrons. The van der Waals surface area contributed by atoms with Crippen LogP contribution >= 0.6 is 0 Å². The second kappa shape index (κ2) is 7.18. The molecule has 2 aromatic carbocycles. The van der Waals surface area contributed by atoms with Crippen LogP contribution in [-0.2, 0) is 0 Å². The van der Waals surface area contributed by atoms with Gasteiger partial charge in [-0.3, -0.25) is 4.79 Å². The van der Waals surface area contributed by atoms with Gasteiger partial charge in [-0.2, -0.15) is 0 Å². The van der Waals surface area contributed by atoms with E-state index in [9.17, 15) is 22.4 Å². The number of benzene rings is 2. The van der Waals surface area contributed by atoms with Gasteiger partial charge in [0.2, 0.25) is 0 Å². The highest BCUT2D eigenvalue weighted by Gasteiger charge is 2.17. The summed E-state index contributed by atoms with van der Waals surface area (Å²) in [7, 11) is 0. The molecule has 0 aliphatic carbocycles. The largest absolute Gasteiger partial charge is 0.340 e. The maximum Gasteiger partial charge on any atom is 0.274 e. The van der Waals surface area contributed by atoms with Crippen LogP contribution in [0.15, 0.2) is 48.8 Å². The van der Waals surface area contributed by atoms with Crippen LogP contribution in [-0.4, -0.2) is 15.9 Å². The van der Waals surface area contributed by atoms with E-state index in [0.717, 1.165) is 12.4 Å². The summed E-state index contributed by atoms with van der Waals surface area (Å²) in [5.41, 5.74) is -0.155. The molecular formula is C17H10F4N4O. The Bertz CT molecular complexity index is 963. The van der Waals surface area contributed by atoms with Gasteiger partial charge >= 0.3 is 0 Å². The van der Waals surface area contributed by atoms with Crippen LogP contribution in [0.25, 0.3) is 0 Å². The van der Waals surface area contributed by atoms with E-state index in [1.807, 2.05) is 0 Å². The van der Waals surface area contributed by atoms with Crippen LogP contribution in [0.1, 0.15) is 10.5 Å². The SMILES string of the molecule is O=C(Nc1ccc(F)c(F)c1F)c1cc(Nc2ccc(F)cc2)ncn1. The average Bonchev–Trinajstić information content (AvgIpc) is 2.64. The molecule has 1 heterocycles. The van der Waals surface area contributed by atoms with Crippen LogP contribution < -0.4 is 10.6 Å². The predicted molar refractivity (Wildman–Crippen MR) is 86.0 cm³/mol. The molecule has 0 fully saturated rings. The Labute approximate surface area is 144 Å². The van der Waals surface area contributed by atoms with Gasteiger partial charge in [-0.15, -0.1) is 0 Å². The van der Waals surface area contributed by atoms with E-state index in [-0.39, 0.29) is 11.5 Å². The molecule has 0 saturated carbocycles. The van der Waals surface area contributed by atoms with Gasteiger partial charge in [-0.1, -0.05) is 0 Å². The Morgan fingerprint density at radius 1 is 0.885 bits per heavy atom. The van der Waals surface area contributed by atoms with E-state index in [1.165, 1.54) is 30.3 Å². The second-order valence-corrected chi connectivity index (χ2v) is 5.10. The normalized spacial score (nSPS) is 10.5. The molecule has 3 rings (SSSR count). The molecule has 5 nitrogen and oxygen atoms in total. The fraction of sp³-hybridized carbons (Fsp3) is 0. The van der Waals surface area contributed by atoms with Gasteiger partial charge in [0, 0.05) is 11.8 Å². The van der Waals surface area contributed by atoms with Crippen molar-refractivity contribution in [3.63, 3.8) is 0 Å². The molecule has 0 radical (unpaired) electrons. The highest BCUT2D eigenvalue weighted by molar-refractivity contribution is 6.03. The molecule has 0 atom stereocenters. The Balaban J connectivity index is 1.78. The molecule has 0 aliphatic rings. The number of amides is 1. The van der Waals surface area contributed by atoms with Gasteiger partial charge in [0.25, 0.3) is 5.91 Å². The van der Waals surface area contributed by atoms with Crippen molar-refractivity contribution in [1.82, 2.24) is 9.97 Å². The Morgan fingerprint density at radius 2 is 1.62 bits per heavy atom.